The Morgan fingerprint density at radius 2 is 1.81 bits per heavy atom. The van der Waals surface area contributed by atoms with Gasteiger partial charge in [0.25, 0.3) is 0 Å². The van der Waals surface area contributed by atoms with Gasteiger partial charge in [-0.3, -0.25) is 0 Å². The van der Waals surface area contributed by atoms with Crippen molar-refractivity contribution < 1.29 is 18.7 Å². The highest BCUT2D eigenvalue weighted by molar-refractivity contribution is 6.30. The maximum Gasteiger partial charge on any atom is 0.339 e. The Labute approximate surface area is 221 Å². The molecule has 0 spiro atoms. The van der Waals surface area contributed by atoms with Crippen LogP contribution in [0.15, 0.2) is 42.6 Å². The first kappa shape index (κ1) is 26.8. The molecule has 4 aromatic rings. The molecule has 3 aromatic heterocycles. The fourth-order valence-electron chi connectivity index (χ4n) is 4.62. The van der Waals surface area contributed by atoms with Crippen molar-refractivity contribution in [2.45, 2.75) is 59.8 Å². The minimum atomic E-state index is -1.01. The largest absolute Gasteiger partial charge is 0.467 e. The Kier molecular flexibility index (Phi) is 7.40. The molecule has 0 saturated carbocycles. The zero-order chi connectivity index (χ0) is 27.1. The van der Waals surface area contributed by atoms with Crippen LogP contribution in [0, 0.1) is 26.7 Å². The summed E-state index contributed by atoms with van der Waals surface area (Å²) in [6.45, 7) is 11.8. The van der Waals surface area contributed by atoms with Crippen molar-refractivity contribution >= 4 is 28.6 Å². The number of aryl methyl sites for hydroxylation is 2. The summed E-state index contributed by atoms with van der Waals surface area (Å²) in [6.07, 6.45) is 0.423. The summed E-state index contributed by atoms with van der Waals surface area (Å²) < 4.78 is 27.9. The van der Waals surface area contributed by atoms with E-state index in [4.69, 9.17) is 26.1 Å². The molecule has 37 heavy (non-hydrogen) atoms. The Bertz CT molecular complexity index is 1470. The number of pyridine rings is 2. The summed E-state index contributed by atoms with van der Waals surface area (Å²) in [5.74, 6) is -1.03. The van der Waals surface area contributed by atoms with Gasteiger partial charge in [0.1, 0.15) is 5.65 Å². The predicted octanol–water partition coefficient (Wildman–Crippen LogP) is 6.89. The number of nitrogens with zero attached hydrogens (tertiary/aromatic N) is 3. The second-order valence-corrected chi connectivity index (χ2v) is 10.5. The van der Waals surface area contributed by atoms with E-state index in [1.807, 2.05) is 70.4 Å². The number of methoxy groups -OCH3 is 1. The van der Waals surface area contributed by atoms with Gasteiger partial charge in [-0.05, 0) is 70.9 Å². The molecule has 0 bridgehead atoms. The van der Waals surface area contributed by atoms with Crippen LogP contribution in [0.3, 0.4) is 0 Å². The number of ether oxygens (including phenoxy) is 2. The molecule has 6 nitrogen and oxygen atoms in total. The maximum absolute atomic E-state index is 14.5. The Balaban J connectivity index is 2.09. The highest BCUT2D eigenvalue weighted by Gasteiger charge is 2.34. The van der Waals surface area contributed by atoms with Gasteiger partial charge >= 0.3 is 5.97 Å². The molecule has 0 aliphatic heterocycles. The molecule has 0 fully saturated rings. The Morgan fingerprint density at radius 3 is 2.41 bits per heavy atom. The molecule has 0 amide bonds. The molecule has 8 heteroatoms. The Morgan fingerprint density at radius 1 is 1.14 bits per heavy atom. The molecule has 0 saturated heterocycles. The topological polar surface area (TPSA) is 66.2 Å². The van der Waals surface area contributed by atoms with Gasteiger partial charge in [0.05, 0.1) is 19.3 Å². The van der Waals surface area contributed by atoms with Gasteiger partial charge in [0.2, 0.25) is 5.95 Å². The molecule has 0 aliphatic rings. The van der Waals surface area contributed by atoms with E-state index in [1.165, 1.54) is 13.3 Å². The number of carbonyl (C=O) groups is 1. The van der Waals surface area contributed by atoms with Crippen LogP contribution in [-0.4, -0.2) is 33.2 Å². The number of esters is 1. The van der Waals surface area contributed by atoms with E-state index < -0.39 is 23.6 Å². The zero-order valence-electron chi connectivity index (χ0n) is 22.1. The fourth-order valence-corrected chi connectivity index (χ4v) is 4.74. The summed E-state index contributed by atoms with van der Waals surface area (Å²) in [6, 6.07) is 10.9. The van der Waals surface area contributed by atoms with Crippen LogP contribution in [0.4, 0.5) is 4.39 Å². The van der Waals surface area contributed by atoms with Crippen LogP contribution in [0.25, 0.3) is 22.2 Å². The van der Waals surface area contributed by atoms with Gasteiger partial charge in [-0.1, -0.05) is 29.8 Å². The predicted molar refractivity (Wildman–Crippen MR) is 143 cm³/mol. The van der Waals surface area contributed by atoms with E-state index in [0.29, 0.717) is 27.5 Å². The van der Waals surface area contributed by atoms with Crippen LogP contribution in [-0.2, 0) is 20.8 Å². The lowest BCUT2D eigenvalue weighted by Crippen LogP contribution is -2.29. The van der Waals surface area contributed by atoms with Gasteiger partial charge < -0.3 is 14.0 Å². The first-order valence-electron chi connectivity index (χ1n) is 12.0. The second kappa shape index (κ2) is 10.2. The number of fused-ring (bicyclic) bond motifs is 1. The molecular weight excluding hydrogens is 493 g/mol. The second-order valence-electron chi connectivity index (χ2n) is 10.1. The molecule has 4 rings (SSSR count). The summed E-state index contributed by atoms with van der Waals surface area (Å²) in [5.41, 5.74) is 5.32. The molecule has 1 unspecified atom stereocenters. The zero-order valence-corrected chi connectivity index (χ0v) is 22.9. The third-order valence-corrected chi connectivity index (χ3v) is 6.68. The molecule has 3 heterocycles. The number of hydrogen-bond donors (Lipinski definition) is 0. The van der Waals surface area contributed by atoms with Crippen molar-refractivity contribution in [3.8, 4) is 11.1 Å². The fraction of sp³-hybridized carbons (Fsp3) is 0.345. The smallest absolute Gasteiger partial charge is 0.339 e. The van der Waals surface area contributed by atoms with Gasteiger partial charge in [-0.2, -0.15) is 4.39 Å². The van der Waals surface area contributed by atoms with Crippen LogP contribution < -0.4 is 0 Å². The van der Waals surface area contributed by atoms with Crippen molar-refractivity contribution in [2.75, 3.05) is 7.11 Å². The highest BCUT2D eigenvalue weighted by Crippen LogP contribution is 2.42. The average Bonchev–Trinajstić information content (AvgIpc) is 3.07. The van der Waals surface area contributed by atoms with Crippen LogP contribution in [0.2, 0.25) is 5.02 Å². The molecule has 0 aliphatic carbocycles. The Hall–Kier alpha value is -3.29. The van der Waals surface area contributed by atoms with Crippen molar-refractivity contribution in [1.82, 2.24) is 14.5 Å². The average molecular weight is 524 g/mol. The highest BCUT2D eigenvalue weighted by atomic mass is 35.5. The van der Waals surface area contributed by atoms with E-state index in [9.17, 15) is 9.18 Å². The van der Waals surface area contributed by atoms with Crippen molar-refractivity contribution in [2.24, 2.45) is 0 Å². The molecule has 0 radical (unpaired) electrons. The van der Waals surface area contributed by atoms with Crippen LogP contribution in [0.5, 0.6) is 0 Å². The van der Waals surface area contributed by atoms with E-state index in [0.717, 1.165) is 27.8 Å². The lowest BCUT2D eigenvalue weighted by molar-refractivity contribution is -0.164. The van der Waals surface area contributed by atoms with E-state index in [1.54, 1.807) is 12.1 Å². The third kappa shape index (κ3) is 5.24. The molecule has 1 atom stereocenters. The summed E-state index contributed by atoms with van der Waals surface area (Å²) in [5, 5.41) is 1.46. The lowest BCUT2D eigenvalue weighted by atomic mass is 9.91. The van der Waals surface area contributed by atoms with Crippen LogP contribution in [0.1, 0.15) is 55.0 Å². The van der Waals surface area contributed by atoms with Gasteiger partial charge in [0, 0.05) is 44.7 Å². The first-order chi connectivity index (χ1) is 17.4. The SMILES string of the molecule is COC(=O)C(OC(C)(C)C)c1c(C)nc2c(c(C)c(C)n2Cc2cccnc2F)c1-c1ccc(Cl)cc1. The maximum atomic E-state index is 14.5. The number of rotatable bonds is 6. The monoisotopic (exact) mass is 523 g/mol. The van der Waals surface area contributed by atoms with Gasteiger partial charge in [-0.25, -0.2) is 14.8 Å². The van der Waals surface area contributed by atoms with Gasteiger partial charge in [0.15, 0.2) is 6.10 Å². The molecule has 194 valence electrons. The van der Waals surface area contributed by atoms with E-state index >= 15 is 0 Å². The lowest BCUT2D eigenvalue weighted by Gasteiger charge is -2.29. The summed E-state index contributed by atoms with van der Waals surface area (Å²) >= 11 is 6.22. The van der Waals surface area contributed by atoms with Gasteiger partial charge in [-0.15, -0.1) is 0 Å². The minimum Gasteiger partial charge on any atom is -0.467 e. The van der Waals surface area contributed by atoms with Crippen molar-refractivity contribution in [3.63, 3.8) is 0 Å². The molecule has 0 N–H and O–H groups in total. The first-order valence-corrected chi connectivity index (χ1v) is 12.4. The normalized spacial score (nSPS) is 12.7. The number of carbonyl (C=O) groups excluding carboxylic acids is 1. The standard InChI is InChI=1S/C29H31ClFN3O3/c1-16-18(3)34(15-20-9-8-14-32-26(20)31)27-22(16)24(19-10-12-21(30)13-11-19)23(17(2)33-27)25(28(35)36-7)37-29(4,5)6/h8-14,25H,15H2,1-7H3. The number of hydrogen-bond acceptors (Lipinski definition) is 5. The summed E-state index contributed by atoms with van der Waals surface area (Å²) in [4.78, 5) is 21.9. The molecule has 1 aromatic carbocycles. The van der Waals surface area contributed by atoms with Crippen molar-refractivity contribution in [1.29, 1.82) is 0 Å². The van der Waals surface area contributed by atoms with E-state index in [-0.39, 0.29) is 6.54 Å². The van der Waals surface area contributed by atoms with Crippen molar-refractivity contribution in [3.05, 3.63) is 81.6 Å². The minimum absolute atomic E-state index is 0.264. The number of aromatic nitrogens is 3. The molecular formula is C29H31ClFN3O3. The number of halogens is 2. The third-order valence-electron chi connectivity index (χ3n) is 6.43. The number of benzene rings is 1. The van der Waals surface area contributed by atoms with Crippen LogP contribution >= 0.6 is 11.6 Å². The quantitative estimate of drug-likeness (QED) is 0.203. The summed E-state index contributed by atoms with van der Waals surface area (Å²) in [7, 11) is 1.35. The van der Waals surface area contributed by atoms with E-state index in [2.05, 4.69) is 4.98 Å².